The van der Waals surface area contributed by atoms with Crippen molar-refractivity contribution in [3.8, 4) is 44.5 Å². The molecule has 0 saturated heterocycles. The number of furan rings is 1. The van der Waals surface area contributed by atoms with Crippen LogP contribution in [0.1, 0.15) is 19.2 Å². The summed E-state index contributed by atoms with van der Waals surface area (Å²) in [5.41, 5.74) is 1.91. The fourth-order valence-electron chi connectivity index (χ4n) is 6.32. The van der Waals surface area contributed by atoms with Gasteiger partial charge in [-0.05, 0) is 84.3 Å². The molecule has 0 saturated carbocycles. The van der Waals surface area contributed by atoms with Gasteiger partial charge in [0.1, 0.15) is 11.2 Å². The van der Waals surface area contributed by atoms with E-state index in [0.717, 1.165) is 5.39 Å². The van der Waals surface area contributed by atoms with Crippen LogP contribution in [0.15, 0.2) is 174 Å². The van der Waals surface area contributed by atoms with E-state index in [2.05, 4.69) is 0 Å². The zero-order valence-corrected chi connectivity index (χ0v) is 23.5. The van der Waals surface area contributed by atoms with Crippen LogP contribution in [0.3, 0.4) is 0 Å². The van der Waals surface area contributed by atoms with E-state index in [1.807, 2.05) is 42.5 Å². The summed E-state index contributed by atoms with van der Waals surface area (Å²) < 4.78 is 129. The standard InChI is InChI=1S/C44H28O/c1-3-15-29(16-4-1)31-19-7-8-21-33(31)43-34-22-9-11-24-36(34)44(37-25-12-10-23-35(37)43)40-27-39-32-20-13-14-26-41(32)45-42(39)28-38(40)30-17-5-2-6-18-30/h1-28H/i1D,2D,3D,4D,5D,6D,7D,8D,15D,16D,17D,18D,19D,21D. The Balaban J connectivity index is 1.51. The molecule has 0 atom stereocenters. The van der Waals surface area contributed by atoms with Crippen LogP contribution in [-0.4, -0.2) is 0 Å². The van der Waals surface area contributed by atoms with Gasteiger partial charge in [0.25, 0.3) is 0 Å². The molecule has 45 heavy (non-hydrogen) atoms. The lowest BCUT2D eigenvalue weighted by atomic mass is 9.82. The van der Waals surface area contributed by atoms with Crippen LogP contribution in [0.2, 0.25) is 0 Å². The van der Waals surface area contributed by atoms with Gasteiger partial charge in [-0.3, -0.25) is 0 Å². The van der Waals surface area contributed by atoms with Crippen LogP contribution >= 0.6 is 0 Å². The van der Waals surface area contributed by atoms with Crippen LogP contribution in [0.5, 0.6) is 0 Å². The fourth-order valence-corrected chi connectivity index (χ4v) is 6.32. The lowest BCUT2D eigenvalue weighted by molar-refractivity contribution is 0.669. The molecule has 0 fully saturated rings. The van der Waals surface area contributed by atoms with Gasteiger partial charge in [-0.1, -0.05) is 151 Å². The molecule has 1 heterocycles. The highest BCUT2D eigenvalue weighted by Gasteiger charge is 2.22. The van der Waals surface area contributed by atoms with Crippen molar-refractivity contribution in [3.05, 3.63) is 170 Å². The Morgan fingerprint density at radius 1 is 0.356 bits per heavy atom. The molecule has 1 nitrogen and oxygen atoms in total. The highest BCUT2D eigenvalue weighted by molar-refractivity contribution is 6.24. The third-order valence-electron chi connectivity index (χ3n) is 8.17. The second kappa shape index (κ2) is 10.4. The first kappa shape index (κ1) is 15.2. The number of rotatable bonds is 4. The average molecular weight is 587 g/mol. The Morgan fingerprint density at radius 2 is 0.822 bits per heavy atom. The van der Waals surface area contributed by atoms with Gasteiger partial charge in [-0.25, -0.2) is 0 Å². The van der Waals surface area contributed by atoms with Gasteiger partial charge < -0.3 is 4.42 Å². The summed E-state index contributed by atoms with van der Waals surface area (Å²) in [4.78, 5) is 0. The summed E-state index contributed by atoms with van der Waals surface area (Å²) >= 11 is 0. The minimum Gasteiger partial charge on any atom is -0.456 e. The second-order valence-corrected chi connectivity index (χ2v) is 10.6. The largest absolute Gasteiger partial charge is 0.456 e. The van der Waals surface area contributed by atoms with Gasteiger partial charge in [0.05, 0.1) is 19.2 Å². The van der Waals surface area contributed by atoms with E-state index >= 15 is 0 Å². The van der Waals surface area contributed by atoms with E-state index in [9.17, 15) is 1.37 Å². The van der Waals surface area contributed by atoms with Crippen molar-refractivity contribution in [1.82, 2.24) is 0 Å². The first-order valence-corrected chi connectivity index (χ1v) is 14.3. The summed E-state index contributed by atoms with van der Waals surface area (Å²) in [6.45, 7) is 0. The summed E-state index contributed by atoms with van der Waals surface area (Å²) in [5.74, 6) is 0. The average Bonchev–Trinajstić information content (AvgIpc) is 3.61. The van der Waals surface area contributed by atoms with Crippen molar-refractivity contribution in [2.75, 3.05) is 0 Å². The van der Waals surface area contributed by atoms with Crippen molar-refractivity contribution in [2.24, 2.45) is 0 Å². The van der Waals surface area contributed by atoms with E-state index in [4.69, 9.17) is 22.2 Å². The molecule has 0 aliphatic heterocycles. The Hall–Kier alpha value is -5.92. The minimum absolute atomic E-state index is 0.0498. The third kappa shape index (κ3) is 4.09. The number of fused-ring (bicyclic) bond motifs is 5. The lowest BCUT2D eigenvalue weighted by Gasteiger charge is -2.21. The van der Waals surface area contributed by atoms with Crippen LogP contribution in [0.4, 0.5) is 0 Å². The molecule has 1 heteroatoms. The normalized spacial score (nSPS) is 15.9. The highest BCUT2D eigenvalue weighted by atomic mass is 16.3. The third-order valence-corrected chi connectivity index (χ3v) is 8.17. The Labute approximate surface area is 281 Å². The number of benzene rings is 8. The van der Waals surface area contributed by atoms with Crippen molar-refractivity contribution >= 4 is 43.5 Å². The van der Waals surface area contributed by atoms with Gasteiger partial charge >= 0.3 is 0 Å². The molecular weight excluding hydrogens is 544 g/mol. The molecule has 0 aliphatic rings. The maximum Gasteiger partial charge on any atom is 0.136 e. The van der Waals surface area contributed by atoms with Crippen molar-refractivity contribution in [2.45, 2.75) is 0 Å². The van der Waals surface area contributed by atoms with E-state index in [1.165, 1.54) is 0 Å². The molecule has 0 amide bonds. The second-order valence-electron chi connectivity index (χ2n) is 10.6. The van der Waals surface area contributed by atoms with E-state index < -0.39 is 84.6 Å². The van der Waals surface area contributed by atoms with Crippen LogP contribution in [0.25, 0.3) is 88.0 Å². The quantitative estimate of drug-likeness (QED) is 0.187. The van der Waals surface area contributed by atoms with Gasteiger partial charge in [0, 0.05) is 10.8 Å². The maximum absolute atomic E-state index is 9.37. The maximum atomic E-state index is 9.37. The minimum atomic E-state index is -0.660. The Morgan fingerprint density at radius 3 is 1.42 bits per heavy atom. The molecule has 8 aromatic carbocycles. The fraction of sp³-hybridized carbons (Fsp3) is 0. The van der Waals surface area contributed by atoms with Gasteiger partial charge in [-0.15, -0.1) is 0 Å². The molecule has 0 bridgehead atoms. The summed E-state index contributed by atoms with van der Waals surface area (Å²) in [5, 5.41) is 3.55. The summed E-state index contributed by atoms with van der Waals surface area (Å²) in [6.07, 6.45) is 0. The van der Waals surface area contributed by atoms with E-state index in [-0.39, 0.29) is 27.8 Å². The smallest absolute Gasteiger partial charge is 0.136 e. The van der Waals surface area contributed by atoms with Gasteiger partial charge in [-0.2, -0.15) is 0 Å². The molecule has 9 rings (SSSR count). The summed E-state index contributed by atoms with van der Waals surface area (Å²) in [7, 11) is 0. The van der Waals surface area contributed by atoms with Crippen LogP contribution in [-0.2, 0) is 0 Å². The number of hydrogen-bond acceptors (Lipinski definition) is 1. The predicted molar refractivity (Wildman–Crippen MR) is 190 cm³/mol. The zero-order valence-electron chi connectivity index (χ0n) is 37.5. The summed E-state index contributed by atoms with van der Waals surface area (Å²) in [6, 6.07) is 17.3. The van der Waals surface area contributed by atoms with Crippen LogP contribution in [0, 0.1) is 0 Å². The molecule has 0 aliphatic carbocycles. The molecule has 9 aromatic rings. The molecule has 1 aromatic heterocycles. The molecular formula is C44H28O. The molecule has 0 unspecified atom stereocenters. The van der Waals surface area contributed by atoms with Crippen molar-refractivity contribution < 1.29 is 23.6 Å². The van der Waals surface area contributed by atoms with Gasteiger partial charge in [0.15, 0.2) is 0 Å². The molecule has 0 N–H and O–H groups in total. The van der Waals surface area contributed by atoms with Crippen molar-refractivity contribution in [3.63, 3.8) is 0 Å². The molecule has 0 spiro atoms. The highest BCUT2D eigenvalue weighted by Crippen LogP contribution is 2.49. The molecule has 0 radical (unpaired) electrons. The van der Waals surface area contributed by atoms with Crippen molar-refractivity contribution in [1.29, 1.82) is 0 Å². The zero-order chi connectivity index (χ0) is 41.9. The lowest BCUT2D eigenvalue weighted by Crippen LogP contribution is -1.94. The Bertz CT molecular complexity index is 3220. The number of hydrogen-bond donors (Lipinski definition) is 0. The van der Waals surface area contributed by atoms with Gasteiger partial charge in [0.2, 0.25) is 0 Å². The van der Waals surface area contributed by atoms with E-state index in [1.54, 1.807) is 42.5 Å². The molecule has 210 valence electrons. The first-order chi connectivity index (χ1) is 28.1. The topological polar surface area (TPSA) is 13.1 Å². The monoisotopic (exact) mass is 586 g/mol. The number of para-hydroxylation sites is 1. The SMILES string of the molecule is [2H]c1c([2H])c([2H])c(-c2cc3oc4ccccc4c3cc2-c2c3ccccc3c(-c3c([2H])c([2H])c([2H])c([2H])c3-c3c([2H])c([2H])c([2H])c([2H])c3[2H])c3ccccc23)c([2H])c1[2H]. The first-order valence-electron chi connectivity index (χ1n) is 21.3. The van der Waals surface area contributed by atoms with Crippen LogP contribution < -0.4 is 0 Å². The van der Waals surface area contributed by atoms with E-state index in [0.29, 0.717) is 54.8 Å². The predicted octanol–water partition coefficient (Wildman–Crippen LogP) is 12.6. The Kier molecular flexibility index (Phi) is 3.50.